The van der Waals surface area contributed by atoms with Gasteiger partial charge in [0.2, 0.25) is 10.0 Å². The molecule has 2 aromatic rings. The first-order chi connectivity index (χ1) is 11.4. The largest absolute Gasteiger partial charge is 0.495 e. The predicted molar refractivity (Wildman–Crippen MR) is 94.3 cm³/mol. The molecule has 0 fully saturated rings. The number of sulfonamides is 1. The molecule has 8 heteroatoms. The Kier molecular flexibility index (Phi) is 4.90. The summed E-state index contributed by atoms with van der Waals surface area (Å²) < 4.78 is 32.9. The molecule has 1 unspecified atom stereocenters. The Labute approximate surface area is 150 Å². The highest BCUT2D eigenvalue weighted by Gasteiger charge is 2.36. The van der Waals surface area contributed by atoms with Crippen molar-refractivity contribution < 1.29 is 18.3 Å². The van der Waals surface area contributed by atoms with Crippen molar-refractivity contribution in [3.05, 3.63) is 45.1 Å². The molecular formula is C16H18ClNO4S2. The molecule has 5 nitrogen and oxygen atoms in total. The van der Waals surface area contributed by atoms with Crippen LogP contribution in [0.4, 0.5) is 0 Å². The standard InChI is InChI=1S/C16H18ClNO4S2/c1-22-13-5-4-11(17)9-15(13)24(20,21)18-10-16(19)7-2-3-14-12(16)6-8-23-14/h4-6,8-9,18-19H,2-3,7,10H2,1H3. The van der Waals surface area contributed by atoms with Crippen molar-refractivity contribution >= 4 is 33.0 Å². The fourth-order valence-electron chi connectivity index (χ4n) is 2.96. The van der Waals surface area contributed by atoms with E-state index in [1.165, 1.54) is 19.2 Å². The van der Waals surface area contributed by atoms with Gasteiger partial charge < -0.3 is 9.84 Å². The van der Waals surface area contributed by atoms with Gasteiger partial charge in [0.25, 0.3) is 0 Å². The van der Waals surface area contributed by atoms with Gasteiger partial charge in [0.1, 0.15) is 16.2 Å². The van der Waals surface area contributed by atoms with Gasteiger partial charge in [-0.3, -0.25) is 0 Å². The number of halogens is 1. The van der Waals surface area contributed by atoms with Gasteiger partial charge in [0.05, 0.1) is 7.11 Å². The number of aryl methyl sites for hydroxylation is 1. The Morgan fingerprint density at radius 2 is 2.21 bits per heavy atom. The van der Waals surface area contributed by atoms with Crippen molar-refractivity contribution in [2.24, 2.45) is 0 Å². The third-order valence-electron chi connectivity index (χ3n) is 4.21. The molecule has 0 radical (unpaired) electrons. The maximum atomic E-state index is 12.6. The molecule has 0 aliphatic heterocycles. The topological polar surface area (TPSA) is 75.6 Å². The van der Waals surface area contributed by atoms with E-state index in [0.717, 1.165) is 23.3 Å². The van der Waals surface area contributed by atoms with E-state index in [-0.39, 0.29) is 17.2 Å². The van der Waals surface area contributed by atoms with Crippen LogP contribution in [-0.4, -0.2) is 27.2 Å². The molecule has 1 aromatic heterocycles. The lowest BCUT2D eigenvalue weighted by molar-refractivity contribution is 0.0251. The molecule has 0 bridgehead atoms. The van der Waals surface area contributed by atoms with Crippen molar-refractivity contribution in [1.82, 2.24) is 4.72 Å². The summed E-state index contributed by atoms with van der Waals surface area (Å²) in [6.45, 7) is -0.0886. The van der Waals surface area contributed by atoms with Gasteiger partial charge in [0, 0.05) is 16.4 Å². The van der Waals surface area contributed by atoms with E-state index in [9.17, 15) is 13.5 Å². The molecule has 0 saturated heterocycles. The van der Waals surface area contributed by atoms with E-state index >= 15 is 0 Å². The number of fused-ring (bicyclic) bond motifs is 1. The van der Waals surface area contributed by atoms with Crippen LogP contribution in [-0.2, 0) is 22.0 Å². The van der Waals surface area contributed by atoms with Crippen LogP contribution >= 0.6 is 22.9 Å². The number of methoxy groups -OCH3 is 1. The summed E-state index contributed by atoms with van der Waals surface area (Å²) in [4.78, 5) is 1.07. The maximum absolute atomic E-state index is 12.6. The van der Waals surface area contributed by atoms with E-state index in [4.69, 9.17) is 16.3 Å². The molecule has 3 rings (SSSR count). The number of nitrogens with one attached hydrogen (secondary N) is 1. The van der Waals surface area contributed by atoms with Gasteiger partial charge in [-0.15, -0.1) is 11.3 Å². The zero-order chi connectivity index (χ0) is 17.4. The van der Waals surface area contributed by atoms with E-state index in [1.807, 2.05) is 11.4 Å². The number of hydrogen-bond donors (Lipinski definition) is 2. The number of benzene rings is 1. The first-order valence-corrected chi connectivity index (χ1v) is 10.2. The van der Waals surface area contributed by atoms with Crippen molar-refractivity contribution in [2.75, 3.05) is 13.7 Å². The summed E-state index contributed by atoms with van der Waals surface area (Å²) in [6.07, 6.45) is 2.27. The number of ether oxygens (including phenoxy) is 1. The van der Waals surface area contributed by atoms with Gasteiger partial charge in [0.15, 0.2) is 0 Å². The maximum Gasteiger partial charge on any atom is 0.244 e. The third-order valence-corrected chi connectivity index (χ3v) is 6.85. The predicted octanol–water partition coefficient (Wildman–Crippen LogP) is 2.91. The Morgan fingerprint density at radius 3 is 2.96 bits per heavy atom. The van der Waals surface area contributed by atoms with Crippen LogP contribution in [0.3, 0.4) is 0 Å². The van der Waals surface area contributed by atoms with Crippen LogP contribution in [0.1, 0.15) is 23.3 Å². The molecule has 1 heterocycles. The third kappa shape index (κ3) is 3.32. The highest BCUT2D eigenvalue weighted by atomic mass is 35.5. The van der Waals surface area contributed by atoms with Crippen molar-refractivity contribution in [2.45, 2.75) is 29.8 Å². The lowest BCUT2D eigenvalue weighted by Gasteiger charge is -2.32. The normalized spacial score (nSPS) is 20.6. The van der Waals surface area contributed by atoms with E-state index in [1.54, 1.807) is 17.4 Å². The van der Waals surface area contributed by atoms with Crippen molar-refractivity contribution in [3.63, 3.8) is 0 Å². The van der Waals surface area contributed by atoms with Gasteiger partial charge >= 0.3 is 0 Å². The molecule has 1 aliphatic carbocycles. The van der Waals surface area contributed by atoms with E-state index < -0.39 is 15.6 Å². The summed E-state index contributed by atoms with van der Waals surface area (Å²) in [6, 6.07) is 6.27. The molecule has 130 valence electrons. The van der Waals surface area contributed by atoms with Crippen LogP contribution in [0.25, 0.3) is 0 Å². The number of aliphatic hydroxyl groups is 1. The second-order valence-corrected chi connectivity index (χ2v) is 8.93. The lowest BCUT2D eigenvalue weighted by Crippen LogP contribution is -2.42. The van der Waals surface area contributed by atoms with E-state index in [0.29, 0.717) is 11.4 Å². The zero-order valence-electron chi connectivity index (χ0n) is 13.1. The Hall–Kier alpha value is -1.12. The molecule has 0 amide bonds. The quantitative estimate of drug-likeness (QED) is 0.827. The van der Waals surface area contributed by atoms with Crippen LogP contribution in [0.15, 0.2) is 34.5 Å². The first kappa shape index (κ1) is 17.7. The van der Waals surface area contributed by atoms with Gasteiger partial charge in [-0.25, -0.2) is 13.1 Å². The van der Waals surface area contributed by atoms with Crippen LogP contribution < -0.4 is 9.46 Å². The van der Waals surface area contributed by atoms with Crippen LogP contribution in [0.5, 0.6) is 5.75 Å². The SMILES string of the molecule is COc1ccc(Cl)cc1S(=O)(=O)NCC1(O)CCCc2sccc21. The second kappa shape index (κ2) is 6.65. The fraction of sp³-hybridized carbons (Fsp3) is 0.375. The van der Waals surface area contributed by atoms with Gasteiger partial charge in [-0.1, -0.05) is 11.6 Å². The van der Waals surface area contributed by atoms with Crippen molar-refractivity contribution in [1.29, 1.82) is 0 Å². The lowest BCUT2D eigenvalue weighted by atomic mass is 9.83. The molecule has 1 aromatic carbocycles. The highest BCUT2D eigenvalue weighted by Crippen LogP contribution is 2.38. The van der Waals surface area contributed by atoms with Crippen LogP contribution in [0.2, 0.25) is 5.02 Å². The molecule has 24 heavy (non-hydrogen) atoms. The fourth-order valence-corrected chi connectivity index (χ4v) is 5.50. The summed E-state index contributed by atoms with van der Waals surface area (Å²) in [5, 5.41) is 13.2. The summed E-state index contributed by atoms with van der Waals surface area (Å²) in [7, 11) is -2.47. The minimum absolute atomic E-state index is 0.0394. The minimum atomic E-state index is -3.86. The average Bonchev–Trinajstić information content (AvgIpc) is 3.04. The Morgan fingerprint density at radius 1 is 1.42 bits per heavy atom. The highest BCUT2D eigenvalue weighted by molar-refractivity contribution is 7.89. The minimum Gasteiger partial charge on any atom is -0.495 e. The summed E-state index contributed by atoms with van der Waals surface area (Å²) in [5.74, 6) is 0.207. The Balaban J connectivity index is 1.86. The summed E-state index contributed by atoms with van der Waals surface area (Å²) in [5.41, 5.74) is -0.369. The van der Waals surface area contributed by atoms with Gasteiger partial charge in [-0.05, 0) is 54.5 Å². The average molecular weight is 388 g/mol. The number of thiophene rings is 1. The number of rotatable bonds is 5. The molecule has 1 aliphatic rings. The number of hydrogen-bond acceptors (Lipinski definition) is 5. The monoisotopic (exact) mass is 387 g/mol. The first-order valence-electron chi connectivity index (χ1n) is 7.48. The molecule has 2 N–H and O–H groups in total. The molecule has 0 spiro atoms. The van der Waals surface area contributed by atoms with Crippen molar-refractivity contribution in [3.8, 4) is 5.75 Å². The smallest absolute Gasteiger partial charge is 0.244 e. The Bertz CT molecular complexity index is 850. The zero-order valence-corrected chi connectivity index (χ0v) is 15.5. The van der Waals surface area contributed by atoms with Gasteiger partial charge in [-0.2, -0.15) is 0 Å². The van der Waals surface area contributed by atoms with Crippen LogP contribution in [0, 0.1) is 0 Å². The van der Waals surface area contributed by atoms with E-state index in [2.05, 4.69) is 4.72 Å². The molecule has 0 saturated carbocycles. The molecule has 1 atom stereocenters. The molecular weight excluding hydrogens is 370 g/mol. The summed E-state index contributed by atoms with van der Waals surface area (Å²) >= 11 is 7.50. The second-order valence-electron chi connectivity index (χ2n) is 5.76.